The average molecular weight is 175 g/mol. The third kappa shape index (κ3) is 1.99. The standard InChI is InChI=1S/C12H17N/c1-4-10-9(3)7-6-8-11(10)12(13)5-2/h5-8,12H,2,4,13H2,1,3H3. The van der Waals surface area contributed by atoms with Crippen LogP contribution in [-0.4, -0.2) is 0 Å². The molecule has 1 aromatic carbocycles. The molecule has 1 atom stereocenters. The third-order valence-electron chi connectivity index (χ3n) is 2.41. The largest absolute Gasteiger partial charge is 0.321 e. The summed E-state index contributed by atoms with van der Waals surface area (Å²) in [6.07, 6.45) is 2.82. The van der Waals surface area contributed by atoms with Crippen molar-refractivity contribution in [3.05, 3.63) is 47.5 Å². The van der Waals surface area contributed by atoms with Gasteiger partial charge in [0, 0.05) is 6.04 Å². The van der Waals surface area contributed by atoms with Crippen LogP contribution in [0.25, 0.3) is 0 Å². The van der Waals surface area contributed by atoms with Crippen LogP contribution < -0.4 is 5.73 Å². The lowest BCUT2D eigenvalue weighted by molar-refractivity contribution is 0.880. The number of hydrogen-bond acceptors (Lipinski definition) is 1. The van der Waals surface area contributed by atoms with Gasteiger partial charge in [-0.2, -0.15) is 0 Å². The van der Waals surface area contributed by atoms with E-state index in [1.807, 2.05) is 6.07 Å². The predicted octanol–water partition coefficient (Wildman–Crippen LogP) is 2.74. The Balaban J connectivity index is 3.19. The summed E-state index contributed by atoms with van der Waals surface area (Å²) in [5.74, 6) is 0. The second kappa shape index (κ2) is 4.24. The second-order valence-electron chi connectivity index (χ2n) is 3.26. The van der Waals surface area contributed by atoms with Gasteiger partial charge in [-0.1, -0.05) is 31.2 Å². The molecule has 0 amide bonds. The molecule has 1 aromatic rings. The molecule has 0 saturated heterocycles. The molecule has 70 valence electrons. The summed E-state index contributed by atoms with van der Waals surface area (Å²) < 4.78 is 0. The maximum absolute atomic E-state index is 5.92. The van der Waals surface area contributed by atoms with Gasteiger partial charge < -0.3 is 5.73 Å². The molecule has 0 heterocycles. The zero-order valence-corrected chi connectivity index (χ0v) is 8.38. The highest BCUT2D eigenvalue weighted by Gasteiger charge is 2.07. The molecule has 0 spiro atoms. The molecule has 0 saturated carbocycles. The molecule has 0 aliphatic heterocycles. The first-order valence-corrected chi connectivity index (χ1v) is 4.67. The smallest absolute Gasteiger partial charge is 0.0481 e. The minimum atomic E-state index is -0.0325. The lowest BCUT2D eigenvalue weighted by atomic mass is 9.95. The summed E-state index contributed by atoms with van der Waals surface area (Å²) in [7, 11) is 0. The van der Waals surface area contributed by atoms with Gasteiger partial charge in [-0.25, -0.2) is 0 Å². The van der Waals surface area contributed by atoms with Gasteiger partial charge in [0.1, 0.15) is 0 Å². The molecule has 1 heteroatoms. The van der Waals surface area contributed by atoms with E-state index < -0.39 is 0 Å². The number of hydrogen-bond donors (Lipinski definition) is 1. The Labute approximate surface area is 80.3 Å². The summed E-state index contributed by atoms with van der Waals surface area (Å²) in [4.78, 5) is 0. The lowest BCUT2D eigenvalue weighted by Crippen LogP contribution is -2.10. The topological polar surface area (TPSA) is 26.0 Å². The van der Waals surface area contributed by atoms with Crippen LogP contribution in [0.2, 0.25) is 0 Å². The fourth-order valence-corrected chi connectivity index (χ4v) is 1.65. The first-order chi connectivity index (χ1) is 6.20. The van der Waals surface area contributed by atoms with Crippen molar-refractivity contribution in [2.45, 2.75) is 26.3 Å². The van der Waals surface area contributed by atoms with Gasteiger partial charge in [0.15, 0.2) is 0 Å². The van der Waals surface area contributed by atoms with Crippen LogP contribution in [-0.2, 0) is 6.42 Å². The van der Waals surface area contributed by atoms with Crippen LogP contribution in [0, 0.1) is 6.92 Å². The van der Waals surface area contributed by atoms with Crippen molar-refractivity contribution >= 4 is 0 Å². The molecule has 0 aliphatic carbocycles. The number of benzene rings is 1. The molecular formula is C12H17N. The zero-order valence-electron chi connectivity index (χ0n) is 8.38. The van der Waals surface area contributed by atoms with Crippen molar-refractivity contribution in [2.75, 3.05) is 0 Å². The van der Waals surface area contributed by atoms with E-state index in [1.165, 1.54) is 16.7 Å². The zero-order chi connectivity index (χ0) is 9.84. The number of aryl methyl sites for hydroxylation is 1. The van der Waals surface area contributed by atoms with E-state index >= 15 is 0 Å². The molecule has 0 fully saturated rings. The van der Waals surface area contributed by atoms with Gasteiger partial charge in [-0.05, 0) is 30.0 Å². The summed E-state index contributed by atoms with van der Waals surface area (Å²) >= 11 is 0. The summed E-state index contributed by atoms with van der Waals surface area (Å²) in [5, 5.41) is 0. The quantitative estimate of drug-likeness (QED) is 0.702. The van der Waals surface area contributed by atoms with Gasteiger partial charge in [-0.3, -0.25) is 0 Å². The lowest BCUT2D eigenvalue weighted by Gasteiger charge is -2.14. The SMILES string of the molecule is C=CC(N)c1cccc(C)c1CC. The molecule has 2 N–H and O–H groups in total. The molecule has 0 radical (unpaired) electrons. The maximum atomic E-state index is 5.92. The van der Waals surface area contributed by atoms with E-state index in [1.54, 1.807) is 6.08 Å². The van der Waals surface area contributed by atoms with Gasteiger partial charge in [-0.15, -0.1) is 6.58 Å². The third-order valence-corrected chi connectivity index (χ3v) is 2.41. The molecule has 0 aromatic heterocycles. The Morgan fingerprint density at radius 1 is 1.54 bits per heavy atom. The Morgan fingerprint density at radius 3 is 2.77 bits per heavy atom. The fourth-order valence-electron chi connectivity index (χ4n) is 1.65. The van der Waals surface area contributed by atoms with Crippen molar-refractivity contribution in [3.8, 4) is 0 Å². The van der Waals surface area contributed by atoms with Crippen molar-refractivity contribution in [1.29, 1.82) is 0 Å². The van der Waals surface area contributed by atoms with Crippen LogP contribution in [0.1, 0.15) is 29.7 Å². The van der Waals surface area contributed by atoms with Crippen molar-refractivity contribution in [1.82, 2.24) is 0 Å². The van der Waals surface area contributed by atoms with Gasteiger partial charge >= 0.3 is 0 Å². The minimum Gasteiger partial charge on any atom is -0.321 e. The van der Waals surface area contributed by atoms with Crippen molar-refractivity contribution in [3.63, 3.8) is 0 Å². The Bertz CT molecular complexity index is 302. The second-order valence-corrected chi connectivity index (χ2v) is 3.26. The highest BCUT2D eigenvalue weighted by Crippen LogP contribution is 2.20. The highest BCUT2D eigenvalue weighted by atomic mass is 14.6. The first kappa shape index (κ1) is 10.0. The highest BCUT2D eigenvalue weighted by molar-refractivity contribution is 5.37. The van der Waals surface area contributed by atoms with Crippen LogP contribution in [0.3, 0.4) is 0 Å². The molecule has 0 bridgehead atoms. The van der Waals surface area contributed by atoms with E-state index in [2.05, 4.69) is 32.6 Å². The van der Waals surface area contributed by atoms with E-state index in [4.69, 9.17) is 5.73 Å². The Morgan fingerprint density at radius 2 is 2.23 bits per heavy atom. The molecule has 13 heavy (non-hydrogen) atoms. The number of rotatable bonds is 3. The maximum Gasteiger partial charge on any atom is 0.0481 e. The molecule has 1 unspecified atom stereocenters. The molecular weight excluding hydrogens is 158 g/mol. The van der Waals surface area contributed by atoms with Crippen LogP contribution in [0.5, 0.6) is 0 Å². The van der Waals surface area contributed by atoms with Gasteiger partial charge in [0.05, 0.1) is 0 Å². The monoisotopic (exact) mass is 175 g/mol. The summed E-state index contributed by atoms with van der Waals surface area (Å²) in [6, 6.07) is 6.22. The van der Waals surface area contributed by atoms with E-state index in [9.17, 15) is 0 Å². The molecule has 1 rings (SSSR count). The average Bonchev–Trinajstić information content (AvgIpc) is 2.16. The first-order valence-electron chi connectivity index (χ1n) is 4.67. The van der Waals surface area contributed by atoms with Crippen LogP contribution in [0.4, 0.5) is 0 Å². The Hall–Kier alpha value is -1.08. The van der Waals surface area contributed by atoms with Gasteiger partial charge in [0.2, 0.25) is 0 Å². The van der Waals surface area contributed by atoms with Crippen molar-refractivity contribution < 1.29 is 0 Å². The van der Waals surface area contributed by atoms with Gasteiger partial charge in [0.25, 0.3) is 0 Å². The van der Waals surface area contributed by atoms with E-state index in [-0.39, 0.29) is 6.04 Å². The normalized spacial score (nSPS) is 12.5. The minimum absolute atomic E-state index is 0.0325. The fraction of sp³-hybridized carbons (Fsp3) is 0.333. The summed E-state index contributed by atoms with van der Waals surface area (Å²) in [5.41, 5.74) is 9.80. The van der Waals surface area contributed by atoms with Crippen LogP contribution in [0.15, 0.2) is 30.9 Å². The molecule has 1 nitrogen and oxygen atoms in total. The van der Waals surface area contributed by atoms with E-state index in [0.29, 0.717) is 0 Å². The van der Waals surface area contributed by atoms with E-state index in [0.717, 1.165) is 6.42 Å². The molecule has 0 aliphatic rings. The Kier molecular flexibility index (Phi) is 3.26. The van der Waals surface area contributed by atoms with Crippen LogP contribution >= 0.6 is 0 Å². The van der Waals surface area contributed by atoms with Crippen molar-refractivity contribution in [2.24, 2.45) is 5.73 Å². The summed E-state index contributed by atoms with van der Waals surface area (Å²) in [6.45, 7) is 7.99. The number of nitrogens with two attached hydrogens (primary N) is 1. The predicted molar refractivity (Wildman–Crippen MR) is 57.7 cm³/mol.